The minimum atomic E-state index is -0.745. The summed E-state index contributed by atoms with van der Waals surface area (Å²) in [5.41, 5.74) is 0. The zero-order valence-electron chi connectivity index (χ0n) is 22.5. The smallest absolute Gasteiger partial charge is 0.307 e. The summed E-state index contributed by atoms with van der Waals surface area (Å²) in [6, 6.07) is 0. The summed E-state index contributed by atoms with van der Waals surface area (Å²) in [6.07, 6.45) is 39.2. The van der Waals surface area contributed by atoms with E-state index in [0.717, 1.165) is 57.8 Å². The largest absolute Gasteiger partial charge is 0.481 e. The maximum absolute atomic E-state index is 12.3. The van der Waals surface area contributed by atoms with Crippen LogP contribution in [0.25, 0.3) is 0 Å². The number of carbonyl (C=O) groups is 2. The molecule has 0 aromatic carbocycles. The second-order valence-corrected chi connectivity index (χ2v) is 8.46. The summed E-state index contributed by atoms with van der Waals surface area (Å²) >= 11 is 0. The molecule has 0 spiro atoms. The molecule has 0 aromatic rings. The first-order chi connectivity index (χ1) is 17.6. The first-order valence-corrected chi connectivity index (χ1v) is 13.6. The van der Waals surface area contributed by atoms with Crippen molar-refractivity contribution in [2.45, 2.75) is 103 Å². The highest BCUT2D eigenvalue weighted by Crippen LogP contribution is 2.08. The lowest BCUT2D eigenvalue weighted by Crippen LogP contribution is -2.13. The zero-order chi connectivity index (χ0) is 26.5. The SMILES string of the molecule is CC/C=C\C/C=C\C/C=C\C/C=C\CCC(=O)OC(/C=C\C/C=C\CC)/C=C\CCCCCC(=O)O. The molecule has 1 unspecified atom stereocenters. The molecule has 0 saturated heterocycles. The van der Waals surface area contributed by atoms with Gasteiger partial charge in [-0.1, -0.05) is 93.2 Å². The van der Waals surface area contributed by atoms with E-state index in [1.54, 1.807) is 0 Å². The van der Waals surface area contributed by atoms with E-state index in [1.165, 1.54) is 0 Å². The summed E-state index contributed by atoms with van der Waals surface area (Å²) in [5, 5.41) is 8.70. The van der Waals surface area contributed by atoms with E-state index in [2.05, 4.69) is 68.5 Å². The van der Waals surface area contributed by atoms with Crippen LogP contribution in [0.1, 0.15) is 97.3 Å². The van der Waals surface area contributed by atoms with Crippen LogP contribution in [0.15, 0.2) is 85.1 Å². The molecule has 0 bridgehead atoms. The Hall–Kier alpha value is -2.88. The summed E-state index contributed by atoms with van der Waals surface area (Å²) in [7, 11) is 0. The standard InChI is InChI=1S/C32H48O4/c1-3-5-7-9-10-11-12-13-14-15-16-21-25-29-32(35)36-30(26-22-18-8-6-4-2)27-23-19-17-20-24-28-31(33)34/h5-8,10-11,13-14,16,21-23,26-27,30H,3-4,9,12,15,17-20,24-25,28-29H2,1-2H3,(H,33,34)/b7-5-,8-6-,11-10-,14-13-,21-16-,26-22-,27-23-. The van der Waals surface area contributed by atoms with Crippen molar-refractivity contribution in [2.75, 3.05) is 0 Å². The maximum atomic E-state index is 12.3. The number of hydrogen-bond acceptors (Lipinski definition) is 3. The summed E-state index contributed by atoms with van der Waals surface area (Å²) < 4.78 is 5.65. The molecule has 0 aliphatic rings. The van der Waals surface area contributed by atoms with Crippen LogP contribution in [0, 0.1) is 0 Å². The molecule has 200 valence electrons. The summed E-state index contributed by atoms with van der Waals surface area (Å²) in [6.45, 7) is 4.24. The average Bonchev–Trinajstić information content (AvgIpc) is 2.85. The first-order valence-electron chi connectivity index (χ1n) is 13.6. The molecule has 0 amide bonds. The normalized spacial score (nSPS) is 13.6. The number of unbranched alkanes of at least 4 members (excludes halogenated alkanes) is 3. The van der Waals surface area contributed by atoms with Gasteiger partial charge in [-0.05, 0) is 76.4 Å². The van der Waals surface area contributed by atoms with Crippen LogP contribution in [0.5, 0.6) is 0 Å². The Morgan fingerprint density at radius 2 is 1.14 bits per heavy atom. The molecule has 4 nitrogen and oxygen atoms in total. The van der Waals surface area contributed by atoms with E-state index in [9.17, 15) is 9.59 Å². The van der Waals surface area contributed by atoms with Gasteiger partial charge in [0.2, 0.25) is 0 Å². The molecular formula is C32H48O4. The molecule has 0 aromatic heterocycles. The lowest BCUT2D eigenvalue weighted by Gasteiger charge is -2.10. The van der Waals surface area contributed by atoms with E-state index in [1.807, 2.05) is 30.4 Å². The quantitative estimate of drug-likeness (QED) is 0.0922. The van der Waals surface area contributed by atoms with Gasteiger partial charge >= 0.3 is 11.9 Å². The molecule has 1 N–H and O–H groups in total. The van der Waals surface area contributed by atoms with Crippen molar-refractivity contribution in [3.8, 4) is 0 Å². The van der Waals surface area contributed by atoms with Gasteiger partial charge in [0.1, 0.15) is 6.10 Å². The van der Waals surface area contributed by atoms with Gasteiger partial charge in [-0.2, -0.15) is 0 Å². The lowest BCUT2D eigenvalue weighted by atomic mass is 10.1. The Morgan fingerprint density at radius 1 is 0.611 bits per heavy atom. The Balaban J connectivity index is 4.32. The van der Waals surface area contributed by atoms with Gasteiger partial charge in [0.05, 0.1) is 0 Å². The highest BCUT2D eigenvalue weighted by molar-refractivity contribution is 5.70. The number of carbonyl (C=O) groups excluding carboxylic acids is 1. The van der Waals surface area contributed by atoms with E-state index in [0.29, 0.717) is 19.3 Å². The second kappa shape index (κ2) is 26.7. The van der Waals surface area contributed by atoms with E-state index < -0.39 is 5.97 Å². The second-order valence-electron chi connectivity index (χ2n) is 8.46. The van der Waals surface area contributed by atoms with E-state index in [-0.39, 0.29) is 18.5 Å². The van der Waals surface area contributed by atoms with Crippen LogP contribution in [-0.4, -0.2) is 23.1 Å². The highest BCUT2D eigenvalue weighted by Gasteiger charge is 2.07. The van der Waals surface area contributed by atoms with E-state index in [4.69, 9.17) is 9.84 Å². The maximum Gasteiger partial charge on any atom is 0.307 e. The molecular weight excluding hydrogens is 448 g/mol. The van der Waals surface area contributed by atoms with Gasteiger partial charge in [0.25, 0.3) is 0 Å². The Labute approximate surface area is 219 Å². The highest BCUT2D eigenvalue weighted by atomic mass is 16.5. The van der Waals surface area contributed by atoms with Crippen LogP contribution in [0.4, 0.5) is 0 Å². The number of ether oxygens (including phenoxy) is 1. The number of rotatable bonds is 22. The molecule has 0 rings (SSSR count). The van der Waals surface area contributed by atoms with Crippen molar-refractivity contribution in [1.29, 1.82) is 0 Å². The van der Waals surface area contributed by atoms with Gasteiger partial charge in [0.15, 0.2) is 0 Å². The fourth-order valence-electron chi connectivity index (χ4n) is 3.15. The fraction of sp³-hybridized carbons (Fsp3) is 0.500. The average molecular weight is 497 g/mol. The minimum Gasteiger partial charge on any atom is -0.481 e. The minimum absolute atomic E-state index is 0.206. The molecule has 0 aliphatic heterocycles. The summed E-state index contributed by atoms with van der Waals surface area (Å²) in [4.78, 5) is 22.9. The van der Waals surface area contributed by atoms with Gasteiger partial charge in [-0.3, -0.25) is 9.59 Å². The first kappa shape index (κ1) is 33.1. The predicted octanol–water partition coefficient (Wildman–Crippen LogP) is 8.99. The van der Waals surface area contributed by atoms with Crippen molar-refractivity contribution < 1.29 is 19.4 Å². The number of carboxylic acids is 1. The third-order valence-electron chi connectivity index (χ3n) is 5.09. The van der Waals surface area contributed by atoms with Crippen LogP contribution in [-0.2, 0) is 14.3 Å². The van der Waals surface area contributed by atoms with E-state index >= 15 is 0 Å². The van der Waals surface area contributed by atoms with Crippen LogP contribution in [0.3, 0.4) is 0 Å². The fourth-order valence-corrected chi connectivity index (χ4v) is 3.15. The molecule has 0 saturated carbocycles. The third-order valence-corrected chi connectivity index (χ3v) is 5.09. The van der Waals surface area contributed by atoms with Crippen LogP contribution in [0.2, 0.25) is 0 Å². The molecule has 0 aliphatic carbocycles. The number of aliphatic carboxylic acids is 1. The molecule has 4 heteroatoms. The Kier molecular flexibility index (Phi) is 24.6. The Bertz CT molecular complexity index is 750. The molecule has 0 radical (unpaired) electrons. The van der Waals surface area contributed by atoms with Crippen molar-refractivity contribution in [3.63, 3.8) is 0 Å². The van der Waals surface area contributed by atoms with Crippen molar-refractivity contribution >= 4 is 11.9 Å². The van der Waals surface area contributed by atoms with Gasteiger partial charge in [0, 0.05) is 12.8 Å². The summed E-state index contributed by atoms with van der Waals surface area (Å²) in [5.74, 6) is -0.952. The third kappa shape index (κ3) is 25.7. The number of hydrogen-bond donors (Lipinski definition) is 1. The molecule has 0 fully saturated rings. The number of carboxylic acid groups (broad SMARTS) is 1. The molecule has 36 heavy (non-hydrogen) atoms. The number of esters is 1. The molecule has 1 atom stereocenters. The van der Waals surface area contributed by atoms with Crippen molar-refractivity contribution in [1.82, 2.24) is 0 Å². The predicted molar refractivity (Wildman–Crippen MR) is 153 cm³/mol. The Morgan fingerprint density at radius 3 is 1.72 bits per heavy atom. The van der Waals surface area contributed by atoms with Gasteiger partial charge in [-0.25, -0.2) is 0 Å². The molecule has 0 heterocycles. The van der Waals surface area contributed by atoms with Crippen molar-refractivity contribution in [2.24, 2.45) is 0 Å². The topological polar surface area (TPSA) is 63.6 Å². The lowest BCUT2D eigenvalue weighted by molar-refractivity contribution is -0.145. The van der Waals surface area contributed by atoms with Gasteiger partial charge < -0.3 is 9.84 Å². The van der Waals surface area contributed by atoms with Crippen LogP contribution >= 0.6 is 0 Å². The van der Waals surface area contributed by atoms with Gasteiger partial charge in [-0.15, -0.1) is 0 Å². The van der Waals surface area contributed by atoms with Crippen molar-refractivity contribution in [3.05, 3.63) is 85.1 Å². The number of allylic oxidation sites excluding steroid dienone is 12. The zero-order valence-corrected chi connectivity index (χ0v) is 22.5. The van der Waals surface area contributed by atoms with Crippen LogP contribution < -0.4 is 0 Å². The monoisotopic (exact) mass is 496 g/mol.